The molecule has 2 N–H and O–H groups in total. The smallest absolute Gasteiger partial charge is 0.317 e. The van der Waals surface area contributed by atoms with Crippen LogP contribution in [0.15, 0.2) is 18.2 Å². The Kier molecular flexibility index (Phi) is 6.12. The van der Waals surface area contributed by atoms with E-state index in [0.29, 0.717) is 24.5 Å². The standard InChI is InChI=1S/C18H26N2O5/c1-11(2)25-15-6-5-13(9-16(15)24-4)12(3)19-18(23)20-8-7-14(10-20)17(21)22/h5-6,9,11-12,14H,7-8,10H2,1-4H3,(H,19,23)(H,21,22). The number of benzene rings is 1. The van der Waals surface area contributed by atoms with Gasteiger partial charge in [0.15, 0.2) is 11.5 Å². The van der Waals surface area contributed by atoms with Gasteiger partial charge in [-0.25, -0.2) is 4.79 Å². The van der Waals surface area contributed by atoms with Gasteiger partial charge in [-0.15, -0.1) is 0 Å². The minimum atomic E-state index is -0.853. The molecule has 7 nitrogen and oxygen atoms in total. The minimum absolute atomic E-state index is 0.0363. The number of ether oxygens (including phenoxy) is 2. The van der Waals surface area contributed by atoms with Crippen LogP contribution in [0.4, 0.5) is 4.79 Å². The summed E-state index contributed by atoms with van der Waals surface area (Å²) in [4.78, 5) is 24.9. The number of carbonyl (C=O) groups is 2. The predicted octanol–water partition coefficient (Wildman–Crippen LogP) is 2.66. The molecule has 2 rings (SSSR count). The number of methoxy groups -OCH3 is 1. The largest absolute Gasteiger partial charge is 0.493 e. The lowest BCUT2D eigenvalue weighted by atomic mass is 10.1. The van der Waals surface area contributed by atoms with Crippen molar-refractivity contribution < 1.29 is 24.2 Å². The number of nitrogens with one attached hydrogen (secondary N) is 1. The number of rotatable bonds is 6. The molecule has 1 fully saturated rings. The molecular weight excluding hydrogens is 324 g/mol. The molecule has 138 valence electrons. The van der Waals surface area contributed by atoms with Crippen LogP contribution in [-0.2, 0) is 4.79 Å². The van der Waals surface area contributed by atoms with Gasteiger partial charge in [0, 0.05) is 13.1 Å². The van der Waals surface area contributed by atoms with Gasteiger partial charge in [0.25, 0.3) is 0 Å². The number of hydrogen-bond acceptors (Lipinski definition) is 4. The van der Waals surface area contributed by atoms with E-state index >= 15 is 0 Å². The van der Waals surface area contributed by atoms with Crippen LogP contribution in [0.25, 0.3) is 0 Å². The summed E-state index contributed by atoms with van der Waals surface area (Å²) in [5, 5.41) is 11.9. The minimum Gasteiger partial charge on any atom is -0.493 e. The first-order chi connectivity index (χ1) is 11.8. The molecule has 7 heteroatoms. The van der Waals surface area contributed by atoms with Gasteiger partial charge in [-0.1, -0.05) is 6.07 Å². The van der Waals surface area contributed by atoms with Crippen LogP contribution in [0.3, 0.4) is 0 Å². The first kappa shape index (κ1) is 18.9. The number of nitrogens with zero attached hydrogens (tertiary/aromatic N) is 1. The van der Waals surface area contributed by atoms with Gasteiger partial charge in [0.05, 0.1) is 25.2 Å². The number of carboxylic acids is 1. The molecule has 0 aliphatic carbocycles. The molecule has 0 aromatic heterocycles. The van der Waals surface area contributed by atoms with E-state index in [2.05, 4.69) is 5.32 Å². The van der Waals surface area contributed by atoms with Crippen molar-refractivity contribution in [3.05, 3.63) is 23.8 Å². The molecule has 1 aromatic rings. The SMILES string of the molecule is COc1cc(C(C)NC(=O)N2CCC(C(=O)O)C2)ccc1OC(C)C. The maximum atomic E-state index is 12.3. The fourth-order valence-electron chi connectivity index (χ4n) is 2.81. The first-order valence-electron chi connectivity index (χ1n) is 8.44. The van der Waals surface area contributed by atoms with Gasteiger partial charge in [-0.2, -0.15) is 0 Å². The molecule has 0 saturated carbocycles. The van der Waals surface area contributed by atoms with Crippen LogP contribution >= 0.6 is 0 Å². The number of aliphatic carboxylic acids is 1. The average Bonchev–Trinajstić information content (AvgIpc) is 3.05. The molecular formula is C18H26N2O5. The Morgan fingerprint density at radius 2 is 2.00 bits per heavy atom. The lowest BCUT2D eigenvalue weighted by Gasteiger charge is -2.22. The molecule has 0 bridgehead atoms. The third-order valence-electron chi connectivity index (χ3n) is 4.22. The number of amides is 2. The van der Waals surface area contributed by atoms with Crippen LogP contribution in [-0.4, -0.2) is 48.3 Å². The Bertz CT molecular complexity index is 632. The molecule has 2 unspecified atom stereocenters. The number of carboxylic acid groups (broad SMARTS) is 1. The van der Waals surface area contributed by atoms with E-state index in [-0.39, 0.29) is 24.7 Å². The maximum Gasteiger partial charge on any atom is 0.317 e. The van der Waals surface area contributed by atoms with E-state index in [1.165, 1.54) is 0 Å². The van der Waals surface area contributed by atoms with Crippen LogP contribution in [0, 0.1) is 5.92 Å². The van der Waals surface area contributed by atoms with E-state index in [0.717, 1.165) is 5.56 Å². The van der Waals surface area contributed by atoms with Crippen molar-refractivity contribution in [1.29, 1.82) is 0 Å². The van der Waals surface area contributed by atoms with Gasteiger partial charge in [0.2, 0.25) is 0 Å². The first-order valence-corrected chi connectivity index (χ1v) is 8.44. The van der Waals surface area contributed by atoms with Gasteiger partial charge in [-0.3, -0.25) is 4.79 Å². The quantitative estimate of drug-likeness (QED) is 0.823. The Morgan fingerprint density at radius 1 is 1.28 bits per heavy atom. The number of urea groups is 1. The molecule has 1 aliphatic heterocycles. The predicted molar refractivity (Wildman–Crippen MR) is 93.0 cm³/mol. The highest BCUT2D eigenvalue weighted by molar-refractivity contribution is 5.77. The monoisotopic (exact) mass is 350 g/mol. The maximum absolute atomic E-state index is 12.3. The van der Waals surface area contributed by atoms with Crippen LogP contribution in [0.5, 0.6) is 11.5 Å². The summed E-state index contributed by atoms with van der Waals surface area (Å²) in [6.45, 7) is 6.46. The number of likely N-dealkylation sites (tertiary alicyclic amines) is 1. The van der Waals surface area contributed by atoms with E-state index in [4.69, 9.17) is 14.6 Å². The van der Waals surface area contributed by atoms with E-state index in [1.807, 2.05) is 39.0 Å². The van der Waals surface area contributed by atoms with Crippen LogP contribution in [0.1, 0.15) is 38.8 Å². The zero-order chi connectivity index (χ0) is 18.6. The van der Waals surface area contributed by atoms with Crippen molar-refractivity contribution >= 4 is 12.0 Å². The molecule has 0 radical (unpaired) electrons. The van der Waals surface area contributed by atoms with Gasteiger partial charge < -0.3 is 24.8 Å². The fourth-order valence-corrected chi connectivity index (χ4v) is 2.81. The summed E-state index contributed by atoms with van der Waals surface area (Å²) in [6, 6.07) is 5.06. The normalized spacial score (nSPS) is 18.1. The second-order valence-electron chi connectivity index (χ2n) is 6.52. The van der Waals surface area contributed by atoms with Crippen molar-refractivity contribution in [2.45, 2.75) is 39.3 Å². The molecule has 0 spiro atoms. The average molecular weight is 350 g/mol. The summed E-state index contributed by atoms with van der Waals surface area (Å²) in [7, 11) is 1.58. The molecule has 25 heavy (non-hydrogen) atoms. The molecule has 1 aromatic carbocycles. The van der Waals surface area contributed by atoms with E-state index in [1.54, 1.807) is 12.0 Å². The zero-order valence-electron chi connectivity index (χ0n) is 15.1. The molecule has 1 saturated heterocycles. The van der Waals surface area contributed by atoms with E-state index < -0.39 is 11.9 Å². The topological polar surface area (TPSA) is 88.1 Å². The Hall–Kier alpha value is -2.44. The van der Waals surface area contributed by atoms with Crippen molar-refractivity contribution in [1.82, 2.24) is 10.2 Å². The molecule has 1 aliphatic rings. The van der Waals surface area contributed by atoms with Crippen LogP contribution in [0.2, 0.25) is 0 Å². The highest BCUT2D eigenvalue weighted by Crippen LogP contribution is 2.31. The van der Waals surface area contributed by atoms with Crippen molar-refractivity contribution in [2.24, 2.45) is 5.92 Å². The van der Waals surface area contributed by atoms with Gasteiger partial charge in [0.1, 0.15) is 0 Å². The number of hydrogen-bond donors (Lipinski definition) is 2. The molecule has 2 amide bonds. The Labute approximate surface area is 147 Å². The van der Waals surface area contributed by atoms with Crippen molar-refractivity contribution in [3.63, 3.8) is 0 Å². The highest BCUT2D eigenvalue weighted by atomic mass is 16.5. The lowest BCUT2D eigenvalue weighted by molar-refractivity contribution is -0.141. The van der Waals surface area contributed by atoms with Crippen molar-refractivity contribution in [3.8, 4) is 11.5 Å². The number of carbonyl (C=O) groups excluding carboxylic acids is 1. The van der Waals surface area contributed by atoms with Gasteiger partial charge >= 0.3 is 12.0 Å². The zero-order valence-corrected chi connectivity index (χ0v) is 15.1. The second kappa shape index (κ2) is 8.09. The molecule has 1 heterocycles. The third kappa shape index (κ3) is 4.78. The lowest BCUT2D eigenvalue weighted by Crippen LogP contribution is -2.40. The Morgan fingerprint density at radius 3 is 2.56 bits per heavy atom. The second-order valence-corrected chi connectivity index (χ2v) is 6.52. The summed E-state index contributed by atoms with van der Waals surface area (Å²) in [5.74, 6) is -0.0644. The molecule has 2 atom stereocenters. The third-order valence-corrected chi connectivity index (χ3v) is 4.22. The van der Waals surface area contributed by atoms with Crippen LogP contribution < -0.4 is 14.8 Å². The summed E-state index contributed by atoms with van der Waals surface area (Å²) < 4.78 is 11.1. The summed E-state index contributed by atoms with van der Waals surface area (Å²) >= 11 is 0. The van der Waals surface area contributed by atoms with Crippen molar-refractivity contribution in [2.75, 3.05) is 20.2 Å². The Balaban J connectivity index is 2.01. The summed E-state index contributed by atoms with van der Waals surface area (Å²) in [6.07, 6.45) is 0.529. The summed E-state index contributed by atoms with van der Waals surface area (Å²) in [5.41, 5.74) is 0.885. The van der Waals surface area contributed by atoms with E-state index in [9.17, 15) is 9.59 Å². The van der Waals surface area contributed by atoms with Gasteiger partial charge in [-0.05, 0) is 44.9 Å². The highest BCUT2D eigenvalue weighted by Gasteiger charge is 2.31. The fraction of sp³-hybridized carbons (Fsp3) is 0.556.